The van der Waals surface area contributed by atoms with E-state index in [0.717, 1.165) is 16.8 Å². The van der Waals surface area contributed by atoms with Gasteiger partial charge in [0.2, 0.25) is 0 Å². The highest BCUT2D eigenvalue weighted by Crippen LogP contribution is 2.37. The molecule has 2 aromatic rings. The maximum absolute atomic E-state index is 5.97. The van der Waals surface area contributed by atoms with Gasteiger partial charge in [0, 0.05) is 11.3 Å². The molecule has 0 bridgehead atoms. The molecule has 1 aliphatic heterocycles. The minimum Gasteiger partial charge on any atom is -0.370 e. The summed E-state index contributed by atoms with van der Waals surface area (Å²) in [5.41, 5.74) is 9.67. The lowest BCUT2D eigenvalue weighted by Crippen LogP contribution is -2.46. The number of fused-ring (bicyclic) bond motifs is 1. The van der Waals surface area contributed by atoms with Crippen molar-refractivity contribution in [2.75, 3.05) is 12.4 Å². The van der Waals surface area contributed by atoms with E-state index in [0.29, 0.717) is 5.96 Å². The van der Waals surface area contributed by atoms with E-state index in [-0.39, 0.29) is 0 Å². The van der Waals surface area contributed by atoms with Gasteiger partial charge in [0.25, 0.3) is 0 Å². The molecule has 1 aliphatic rings. The first-order valence-corrected chi connectivity index (χ1v) is 6.63. The van der Waals surface area contributed by atoms with Crippen molar-refractivity contribution >= 4 is 11.6 Å². The molecule has 1 heterocycles. The lowest BCUT2D eigenvalue weighted by Gasteiger charge is -2.36. The second-order valence-corrected chi connectivity index (χ2v) is 4.99. The normalized spacial score (nSPS) is 20.8. The van der Waals surface area contributed by atoms with Crippen LogP contribution in [0.15, 0.2) is 53.5 Å². The Morgan fingerprint density at radius 2 is 1.80 bits per heavy atom. The molecule has 0 amide bonds. The molecule has 1 atom stereocenters. The summed E-state index contributed by atoms with van der Waals surface area (Å²) in [6.45, 7) is 2.07. The van der Waals surface area contributed by atoms with Gasteiger partial charge in [0.05, 0.1) is 0 Å². The van der Waals surface area contributed by atoms with Crippen LogP contribution in [-0.4, -0.2) is 13.0 Å². The largest absolute Gasteiger partial charge is 0.370 e. The molecule has 102 valence electrons. The summed E-state index contributed by atoms with van der Waals surface area (Å²) in [7, 11) is 1.90. The third-order valence-corrected chi connectivity index (χ3v) is 3.70. The third-order valence-electron chi connectivity index (χ3n) is 3.70. The number of anilines is 1. The summed E-state index contributed by atoms with van der Waals surface area (Å²) in [6, 6.07) is 16.4. The predicted octanol–water partition coefficient (Wildman–Crippen LogP) is 2.16. The van der Waals surface area contributed by atoms with Crippen molar-refractivity contribution in [3.05, 3.63) is 65.2 Å². The molecule has 4 N–H and O–H groups in total. The zero-order chi connectivity index (χ0) is 14.2. The van der Waals surface area contributed by atoms with Crippen molar-refractivity contribution in [2.24, 2.45) is 10.7 Å². The van der Waals surface area contributed by atoms with E-state index in [2.05, 4.69) is 52.9 Å². The van der Waals surface area contributed by atoms with Gasteiger partial charge in [-0.3, -0.25) is 5.32 Å². The fraction of sp³-hybridized carbons (Fsp3) is 0.188. The minimum absolute atomic E-state index is 0.415. The Hall–Kier alpha value is -2.33. The summed E-state index contributed by atoms with van der Waals surface area (Å²) in [4.78, 5) is 4.65. The Bertz CT molecular complexity index is 660. The van der Waals surface area contributed by atoms with Crippen LogP contribution in [0.2, 0.25) is 0 Å². The fourth-order valence-corrected chi connectivity index (χ4v) is 2.66. The summed E-state index contributed by atoms with van der Waals surface area (Å²) in [6.07, 6.45) is 0. The van der Waals surface area contributed by atoms with Gasteiger partial charge >= 0.3 is 0 Å². The molecule has 0 aromatic heterocycles. The van der Waals surface area contributed by atoms with Crippen molar-refractivity contribution in [3.63, 3.8) is 0 Å². The van der Waals surface area contributed by atoms with Crippen LogP contribution in [0, 0.1) is 6.92 Å². The summed E-state index contributed by atoms with van der Waals surface area (Å²) >= 11 is 0. The molecular weight excluding hydrogens is 248 g/mol. The van der Waals surface area contributed by atoms with E-state index in [1.165, 1.54) is 5.56 Å². The van der Waals surface area contributed by atoms with Crippen molar-refractivity contribution in [1.29, 1.82) is 0 Å². The molecular formula is C16H18N4. The zero-order valence-corrected chi connectivity index (χ0v) is 11.6. The number of nitrogens with zero attached hydrogens (tertiary/aromatic N) is 1. The summed E-state index contributed by atoms with van der Waals surface area (Å²) in [5.74, 6) is 0.415. The van der Waals surface area contributed by atoms with Crippen LogP contribution in [0.3, 0.4) is 0 Å². The number of guanidine groups is 1. The maximum atomic E-state index is 5.97. The number of hydrogen-bond acceptors (Lipinski definition) is 4. The van der Waals surface area contributed by atoms with Gasteiger partial charge in [-0.2, -0.15) is 0 Å². The molecule has 0 radical (unpaired) electrons. The molecule has 1 unspecified atom stereocenters. The van der Waals surface area contributed by atoms with E-state index < -0.39 is 5.66 Å². The highest BCUT2D eigenvalue weighted by Gasteiger charge is 2.37. The molecule has 20 heavy (non-hydrogen) atoms. The second-order valence-electron chi connectivity index (χ2n) is 4.99. The summed E-state index contributed by atoms with van der Waals surface area (Å²) < 4.78 is 0. The highest BCUT2D eigenvalue weighted by molar-refractivity contribution is 5.96. The molecule has 2 aromatic carbocycles. The Kier molecular flexibility index (Phi) is 2.95. The van der Waals surface area contributed by atoms with E-state index in [4.69, 9.17) is 5.73 Å². The number of benzene rings is 2. The number of nitrogens with two attached hydrogens (primary N) is 1. The smallest absolute Gasteiger partial charge is 0.195 e. The number of para-hydroxylation sites is 1. The molecule has 0 aliphatic carbocycles. The fourth-order valence-electron chi connectivity index (χ4n) is 2.66. The van der Waals surface area contributed by atoms with Gasteiger partial charge < -0.3 is 11.1 Å². The van der Waals surface area contributed by atoms with Crippen LogP contribution < -0.4 is 16.4 Å². The van der Waals surface area contributed by atoms with Gasteiger partial charge in [0.1, 0.15) is 0 Å². The Balaban J connectivity index is 2.25. The van der Waals surface area contributed by atoms with E-state index in [1.807, 2.05) is 25.2 Å². The number of hydrogen-bond donors (Lipinski definition) is 3. The molecule has 0 saturated carbocycles. The van der Waals surface area contributed by atoms with Crippen LogP contribution >= 0.6 is 0 Å². The first kappa shape index (κ1) is 12.7. The molecule has 0 fully saturated rings. The van der Waals surface area contributed by atoms with E-state index in [1.54, 1.807) is 0 Å². The molecule has 4 nitrogen and oxygen atoms in total. The number of aliphatic imine (C=N–C) groups is 1. The van der Waals surface area contributed by atoms with E-state index >= 15 is 0 Å². The monoisotopic (exact) mass is 266 g/mol. The lowest BCUT2D eigenvalue weighted by atomic mass is 9.89. The summed E-state index contributed by atoms with van der Waals surface area (Å²) in [5, 5.41) is 6.45. The standard InChI is InChI=1S/C16H18N4/c1-11-7-9-12(10-8-11)16(18-2)13-5-3-4-6-14(13)19-15(17)20-16/h3-10,18H,1-2H3,(H3,17,19,20). The lowest BCUT2D eigenvalue weighted by molar-refractivity contribution is 0.458. The molecule has 4 heteroatoms. The van der Waals surface area contributed by atoms with Crippen molar-refractivity contribution in [3.8, 4) is 0 Å². The average Bonchev–Trinajstić information content (AvgIpc) is 2.47. The van der Waals surface area contributed by atoms with Crippen LogP contribution in [0.1, 0.15) is 16.7 Å². The number of rotatable bonds is 2. The zero-order valence-electron chi connectivity index (χ0n) is 11.6. The van der Waals surface area contributed by atoms with Crippen molar-refractivity contribution in [2.45, 2.75) is 12.6 Å². The highest BCUT2D eigenvalue weighted by atomic mass is 15.2. The van der Waals surface area contributed by atoms with E-state index in [9.17, 15) is 0 Å². The SMILES string of the molecule is CNC1(c2ccc(C)cc2)N=C(N)Nc2ccccc21. The Morgan fingerprint density at radius 3 is 2.50 bits per heavy atom. The van der Waals surface area contributed by atoms with Gasteiger partial charge in [-0.1, -0.05) is 48.0 Å². The predicted molar refractivity (Wildman–Crippen MR) is 82.7 cm³/mol. The Morgan fingerprint density at radius 1 is 1.10 bits per heavy atom. The Labute approximate surface area is 118 Å². The van der Waals surface area contributed by atoms with Crippen LogP contribution in [-0.2, 0) is 5.66 Å². The first-order chi connectivity index (χ1) is 9.65. The topological polar surface area (TPSA) is 62.4 Å². The molecule has 0 saturated heterocycles. The van der Waals surface area contributed by atoms with Gasteiger partial charge in [-0.05, 0) is 25.6 Å². The average molecular weight is 266 g/mol. The van der Waals surface area contributed by atoms with Gasteiger partial charge in [0.15, 0.2) is 11.6 Å². The van der Waals surface area contributed by atoms with Crippen LogP contribution in [0.5, 0.6) is 0 Å². The van der Waals surface area contributed by atoms with Crippen molar-refractivity contribution < 1.29 is 0 Å². The second kappa shape index (κ2) is 4.65. The third kappa shape index (κ3) is 1.85. The first-order valence-electron chi connectivity index (χ1n) is 6.63. The maximum Gasteiger partial charge on any atom is 0.195 e. The van der Waals surface area contributed by atoms with Crippen LogP contribution in [0.25, 0.3) is 0 Å². The minimum atomic E-state index is -0.639. The quantitative estimate of drug-likeness (QED) is 0.780. The van der Waals surface area contributed by atoms with Gasteiger partial charge in [-0.25, -0.2) is 4.99 Å². The number of nitrogens with one attached hydrogen (secondary N) is 2. The van der Waals surface area contributed by atoms with Crippen molar-refractivity contribution in [1.82, 2.24) is 5.32 Å². The van der Waals surface area contributed by atoms with Crippen LogP contribution in [0.4, 0.5) is 5.69 Å². The van der Waals surface area contributed by atoms with Gasteiger partial charge in [-0.15, -0.1) is 0 Å². The molecule has 3 rings (SSSR count). The number of aryl methyl sites for hydroxylation is 1. The molecule has 0 spiro atoms.